The van der Waals surface area contributed by atoms with E-state index < -0.39 is 0 Å². The van der Waals surface area contributed by atoms with Crippen LogP contribution in [0.2, 0.25) is 0 Å². The number of para-hydroxylation sites is 1. The van der Waals surface area contributed by atoms with Gasteiger partial charge >= 0.3 is 0 Å². The molecule has 1 aliphatic rings. The van der Waals surface area contributed by atoms with Crippen molar-refractivity contribution in [2.75, 3.05) is 33.4 Å². The smallest absolute Gasteiger partial charge is 0.256 e. The Balaban J connectivity index is 1.56. The van der Waals surface area contributed by atoms with E-state index in [1.807, 2.05) is 25.1 Å². The molecule has 1 aliphatic heterocycles. The maximum absolute atomic E-state index is 13.3. The number of likely N-dealkylation sites (tertiary alicyclic amines) is 1. The number of hydrogen-bond donors (Lipinski definition) is 3. The van der Waals surface area contributed by atoms with Gasteiger partial charge in [0.15, 0.2) is 0 Å². The number of carbonyl (C=O) groups is 1. The molecular weight excluding hydrogens is 432 g/mol. The number of piperidine rings is 1. The molecule has 1 saturated heterocycles. The van der Waals surface area contributed by atoms with E-state index in [1.54, 1.807) is 13.0 Å². The molecule has 3 N–H and O–H groups in total. The van der Waals surface area contributed by atoms with Crippen LogP contribution in [0.25, 0.3) is 10.9 Å². The summed E-state index contributed by atoms with van der Waals surface area (Å²) in [5, 5.41) is 13.0. The number of methoxy groups -OCH3 is 1. The Hall–Kier alpha value is -3.10. The minimum atomic E-state index is -0.260. The number of aromatic amines is 1. The number of H-pyrrole nitrogens is 1. The zero-order valence-electron chi connectivity index (χ0n) is 20.2. The number of amides is 1. The first kappa shape index (κ1) is 24.0. The van der Waals surface area contributed by atoms with Crippen molar-refractivity contribution in [3.63, 3.8) is 0 Å². The third-order valence-electron chi connectivity index (χ3n) is 6.90. The fourth-order valence-corrected chi connectivity index (χ4v) is 5.04. The van der Waals surface area contributed by atoms with E-state index in [0.717, 1.165) is 55.6 Å². The van der Waals surface area contributed by atoms with Crippen molar-refractivity contribution in [2.24, 2.45) is 5.92 Å². The summed E-state index contributed by atoms with van der Waals surface area (Å²) in [6.45, 7) is 7.64. The van der Waals surface area contributed by atoms with Gasteiger partial charge < -0.3 is 29.6 Å². The first-order chi connectivity index (χ1) is 16.4. The molecule has 0 saturated carbocycles. The van der Waals surface area contributed by atoms with Crippen LogP contribution in [0, 0.1) is 19.8 Å². The number of aromatic nitrogens is 2. The maximum Gasteiger partial charge on any atom is 0.256 e. The lowest BCUT2D eigenvalue weighted by atomic mass is 9.96. The lowest BCUT2D eigenvalue weighted by molar-refractivity contribution is 0.0951. The van der Waals surface area contributed by atoms with Crippen LogP contribution in [-0.4, -0.2) is 58.8 Å². The molecule has 0 spiro atoms. The number of rotatable bonds is 8. The van der Waals surface area contributed by atoms with Crippen LogP contribution in [0.5, 0.6) is 5.75 Å². The number of aliphatic hydroxyl groups excluding tert-OH is 1. The van der Waals surface area contributed by atoms with Crippen molar-refractivity contribution in [1.29, 1.82) is 0 Å². The SMILES string of the molecule is COc1cc(C)[nH]c(=O)c1CNC(=O)c1c(C)n(CC2CCN(CCO)CC2)c2ccccc12. The van der Waals surface area contributed by atoms with E-state index in [4.69, 9.17) is 4.74 Å². The molecule has 4 rings (SSSR count). The molecule has 0 atom stereocenters. The predicted molar refractivity (Wildman–Crippen MR) is 132 cm³/mol. The molecule has 2 aromatic heterocycles. The number of fused-ring (bicyclic) bond motifs is 1. The second kappa shape index (κ2) is 10.4. The first-order valence-corrected chi connectivity index (χ1v) is 11.9. The standard InChI is InChI=1S/C26H34N4O4/c1-17-14-23(34-3)21(25(32)28-17)15-27-26(33)24-18(2)30(22-7-5-4-6-20(22)24)16-19-8-10-29(11-9-19)12-13-31/h4-7,14,19,31H,8-13,15-16H2,1-3H3,(H,27,33)(H,28,32). The molecule has 8 heteroatoms. The van der Waals surface area contributed by atoms with Gasteiger partial charge in [-0.25, -0.2) is 0 Å². The molecule has 3 aromatic rings. The zero-order chi connectivity index (χ0) is 24.2. The Morgan fingerprint density at radius 1 is 1.24 bits per heavy atom. The van der Waals surface area contributed by atoms with Gasteiger partial charge in [0.2, 0.25) is 0 Å². The number of ether oxygens (including phenoxy) is 1. The quantitative estimate of drug-likeness (QED) is 0.474. The Labute approximate surface area is 199 Å². The highest BCUT2D eigenvalue weighted by molar-refractivity contribution is 6.08. The molecule has 0 aliphatic carbocycles. The lowest BCUT2D eigenvalue weighted by Gasteiger charge is -2.32. The molecule has 3 heterocycles. The number of pyridine rings is 1. The van der Waals surface area contributed by atoms with Crippen LogP contribution >= 0.6 is 0 Å². The second-order valence-corrected chi connectivity index (χ2v) is 9.11. The number of benzene rings is 1. The fraction of sp³-hybridized carbons (Fsp3) is 0.462. The van der Waals surface area contributed by atoms with Gasteiger partial charge in [0.05, 0.1) is 31.4 Å². The number of nitrogens with zero attached hydrogens (tertiary/aromatic N) is 2. The summed E-state index contributed by atoms with van der Waals surface area (Å²) in [5.74, 6) is 0.788. The largest absolute Gasteiger partial charge is 0.496 e. The normalized spacial score (nSPS) is 15.1. The maximum atomic E-state index is 13.3. The van der Waals surface area contributed by atoms with Crippen molar-refractivity contribution >= 4 is 16.8 Å². The Morgan fingerprint density at radius 2 is 1.97 bits per heavy atom. The number of β-amino-alcohol motifs (C(OH)–C–C–N with tert-alkyl or cyclic N) is 1. The average molecular weight is 467 g/mol. The van der Waals surface area contributed by atoms with Crippen LogP contribution in [0.3, 0.4) is 0 Å². The van der Waals surface area contributed by atoms with Crippen molar-refractivity contribution in [2.45, 2.75) is 39.8 Å². The molecule has 0 unspecified atom stereocenters. The highest BCUT2D eigenvalue weighted by Gasteiger charge is 2.24. The van der Waals surface area contributed by atoms with Gasteiger partial charge in [0.25, 0.3) is 11.5 Å². The monoisotopic (exact) mass is 466 g/mol. The second-order valence-electron chi connectivity index (χ2n) is 9.11. The van der Waals surface area contributed by atoms with Gasteiger partial charge in [0.1, 0.15) is 5.75 Å². The lowest BCUT2D eigenvalue weighted by Crippen LogP contribution is -2.36. The van der Waals surface area contributed by atoms with Crippen LogP contribution in [0.4, 0.5) is 0 Å². The summed E-state index contributed by atoms with van der Waals surface area (Å²) >= 11 is 0. The molecule has 1 fully saturated rings. The third kappa shape index (κ3) is 4.88. The number of aliphatic hydroxyl groups is 1. The zero-order valence-corrected chi connectivity index (χ0v) is 20.2. The van der Waals surface area contributed by atoms with Gasteiger partial charge in [-0.1, -0.05) is 18.2 Å². The van der Waals surface area contributed by atoms with Crippen LogP contribution < -0.4 is 15.6 Å². The molecule has 1 amide bonds. The summed E-state index contributed by atoms with van der Waals surface area (Å²) in [7, 11) is 1.52. The van der Waals surface area contributed by atoms with Crippen molar-refractivity contribution in [3.05, 3.63) is 63.2 Å². The van der Waals surface area contributed by atoms with Gasteiger partial charge in [-0.2, -0.15) is 0 Å². The van der Waals surface area contributed by atoms with Crippen LogP contribution in [-0.2, 0) is 13.1 Å². The molecule has 0 radical (unpaired) electrons. The minimum Gasteiger partial charge on any atom is -0.496 e. The minimum absolute atomic E-state index is 0.0832. The van der Waals surface area contributed by atoms with Gasteiger partial charge in [-0.3, -0.25) is 9.59 Å². The van der Waals surface area contributed by atoms with E-state index in [1.165, 1.54) is 7.11 Å². The van der Waals surface area contributed by atoms with Crippen LogP contribution in [0.15, 0.2) is 35.1 Å². The van der Waals surface area contributed by atoms with E-state index in [2.05, 4.69) is 25.8 Å². The fourth-order valence-electron chi connectivity index (χ4n) is 5.04. The molecule has 0 bridgehead atoms. The summed E-state index contributed by atoms with van der Waals surface area (Å²) in [6, 6.07) is 9.75. The van der Waals surface area contributed by atoms with E-state index in [-0.39, 0.29) is 24.6 Å². The van der Waals surface area contributed by atoms with Gasteiger partial charge in [-0.15, -0.1) is 0 Å². The van der Waals surface area contributed by atoms with Crippen molar-refractivity contribution in [1.82, 2.24) is 19.8 Å². The Kier molecular flexibility index (Phi) is 7.38. The Morgan fingerprint density at radius 3 is 2.68 bits per heavy atom. The first-order valence-electron chi connectivity index (χ1n) is 11.9. The summed E-state index contributed by atoms with van der Waals surface area (Å²) < 4.78 is 7.62. The molecule has 8 nitrogen and oxygen atoms in total. The number of carbonyl (C=O) groups excluding carboxylic acids is 1. The molecule has 1 aromatic carbocycles. The summed E-state index contributed by atoms with van der Waals surface area (Å²) in [5.41, 5.74) is 3.48. The van der Waals surface area contributed by atoms with Crippen LogP contribution in [0.1, 0.15) is 40.2 Å². The van der Waals surface area contributed by atoms with E-state index >= 15 is 0 Å². The average Bonchev–Trinajstić information content (AvgIpc) is 3.10. The van der Waals surface area contributed by atoms with Gasteiger partial charge in [0, 0.05) is 35.4 Å². The van der Waals surface area contributed by atoms with Gasteiger partial charge in [-0.05, 0) is 57.8 Å². The number of hydrogen-bond acceptors (Lipinski definition) is 5. The third-order valence-corrected chi connectivity index (χ3v) is 6.90. The van der Waals surface area contributed by atoms with Crippen molar-refractivity contribution < 1.29 is 14.6 Å². The topological polar surface area (TPSA) is 99.6 Å². The summed E-state index contributed by atoms with van der Waals surface area (Å²) in [6.07, 6.45) is 2.15. The predicted octanol–water partition coefficient (Wildman–Crippen LogP) is 2.59. The molecular formula is C26H34N4O4. The Bertz CT molecular complexity index is 1220. The van der Waals surface area contributed by atoms with E-state index in [9.17, 15) is 14.7 Å². The highest BCUT2D eigenvalue weighted by atomic mass is 16.5. The summed E-state index contributed by atoms with van der Waals surface area (Å²) in [4.78, 5) is 30.8. The van der Waals surface area contributed by atoms with Crippen molar-refractivity contribution in [3.8, 4) is 5.75 Å². The van der Waals surface area contributed by atoms with E-state index in [0.29, 0.717) is 28.5 Å². The molecule has 34 heavy (non-hydrogen) atoms. The highest BCUT2D eigenvalue weighted by Crippen LogP contribution is 2.29. The number of aryl methyl sites for hydroxylation is 1. The number of nitrogens with one attached hydrogen (secondary N) is 2. The molecule has 182 valence electrons.